The third-order valence-corrected chi connectivity index (χ3v) is 4.26. The van der Waals surface area contributed by atoms with Crippen molar-refractivity contribution < 1.29 is 8.91 Å². The minimum atomic E-state index is -0.376. The van der Waals surface area contributed by atoms with Crippen LogP contribution in [-0.2, 0) is 6.42 Å². The summed E-state index contributed by atoms with van der Waals surface area (Å²) in [5.74, 6) is 0.637. The number of rotatable bonds is 4. The minimum Gasteiger partial charge on any atom is -0.339 e. The Morgan fingerprint density at radius 3 is 2.76 bits per heavy atom. The van der Waals surface area contributed by atoms with Gasteiger partial charge in [0.2, 0.25) is 11.7 Å². The fourth-order valence-corrected chi connectivity index (χ4v) is 2.97. The second-order valence-electron chi connectivity index (χ2n) is 5.64. The predicted molar refractivity (Wildman–Crippen MR) is 76.1 cm³/mol. The fourth-order valence-electron chi connectivity index (χ4n) is 2.97. The predicted octanol–water partition coefficient (Wildman–Crippen LogP) is 2.74. The monoisotopic (exact) mass is 290 g/mol. The first-order valence-corrected chi connectivity index (χ1v) is 7.34. The van der Waals surface area contributed by atoms with E-state index in [0.29, 0.717) is 17.4 Å². The molecule has 0 atom stereocenters. The number of likely N-dealkylation sites (N-methyl/N-ethyl adjacent to an activating group) is 1. The lowest BCUT2D eigenvalue weighted by molar-refractivity contribution is 0.221. The van der Waals surface area contributed by atoms with Gasteiger partial charge < -0.3 is 9.84 Å². The molecule has 1 N–H and O–H groups in total. The van der Waals surface area contributed by atoms with Crippen LogP contribution in [0, 0.1) is 5.82 Å². The average molecular weight is 290 g/mol. The van der Waals surface area contributed by atoms with E-state index in [4.69, 9.17) is 4.52 Å². The third-order valence-electron chi connectivity index (χ3n) is 4.26. The van der Waals surface area contributed by atoms with Crippen LogP contribution in [0.3, 0.4) is 0 Å². The van der Waals surface area contributed by atoms with Gasteiger partial charge in [-0.15, -0.1) is 0 Å². The van der Waals surface area contributed by atoms with E-state index in [2.05, 4.69) is 20.4 Å². The highest BCUT2D eigenvalue weighted by molar-refractivity contribution is 5.47. The number of nitrogens with zero attached hydrogens (tertiary/aromatic N) is 3. The highest BCUT2D eigenvalue weighted by atomic mass is 19.1. The van der Waals surface area contributed by atoms with E-state index in [1.54, 1.807) is 6.07 Å². The molecule has 1 saturated carbocycles. The van der Waals surface area contributed by atoms with Gasteiger partial charge in [-0.2, -0.15) is 4.98 Å². The van der Waals surface area contributed by atoms with E-state index in [1.807, 2.05) is 7.05 Å². The molecule has 6 heteroatoms. The fraction of sp³-hybridized carbons (Fsp3) is 0.533. The normalized spacial score (nSPS) is 17.8. The Kier molecular flexibility index (Phi) is 3.96. The molecule has 2 aromatic rings. The van der Waals surface area contributed by atoms with Gasteiger partial charge in [0.1, 0.15) is 11.5 Å². The van der Waals surface area contributed by atoms with Gasteiger partial charge in [0.25, 0.3) is 0 Å². The Morgan fingerprint density at radius 2 is 2.10 bits per heavy atom. The molecule has 21 heavy (non-hydrogen) atoms. The molecular formula is C15H19FN4O. The first-order chi connectivity index (χ1) is 10.2. The standard InChI is InChI=1S/C15H19FN4O/c1-17-15(7-3-2-4-8-15)9-13-19-14(20-21-13)12-6-5-11(16)10-18-12/h5-6,10,17H,2-4,7-9H2,1H3. The van der Waals surface area contributed by atoms with Gasteiger partial charge in [-0.05, 0) is 32.0 Å². The van der Waals surface area contributed by atoms with Gasteiger partial charge >= 0.3 is 0 Å². The van der Waals surface area contributed by atoms with Gasteiger partial charge in [0.05, 0.1) is 6.20 Å². The Morgan fingerprint density at radius 1 is 1.29 bits per heavy atom. The van der Waals surface area contributed by atoms with E-state index in [0.717, 1.165) is 25.5 Å². The summed E-state index contributed by atoms with van der Waals surface area (Å²) in [6, 6.07) is 2.90. The third kappa shape index (κ3) is 3.10. The van der Waals surface area contributed by atoms with Crippen LogP contribution in [0.1, 0.15) is 38.0 Å². The highest BCUT2D eigenvalue weighted by Crippen LogP contribution is 2.31. The van der Waals surface area contributed by atoms with Crippen molar-refractivity contribution in [2.45, 2.75) is 44.1 Å². The number of hydrogen-bond acceptors (Lipinski definition) is 5. The van der Waals surface area contributed by atoms with Gasteiger partial charge in [-0.25, -0.2) is 9.37 Å². The van der Waals surface area contributed by atoms with Crippen molar-refractivity contribution >= 4 is 0 Å². The zero-order chi connectivity index (χ0) is 14.7. The van der Waals surface area contributed by atoms with Crippen LogP contribution in [0.25, 0.3) is 11.5 Å². The summed E-state index contributed by atoms with van der Waals surface area (Å²) in [7, 11) is 1.99. The van der Waals surface area contributed by atoms with Gasteiger partial charge in [-0.3, -0.25) is 0 Å². The summed E-state index contributed by atoms with van der Waals surface area (Å²) in [5.41, 5.74) is 0.576. The summed E-state index contributed by atoms with van der Waals surface area (Å²) >= 11 is 0. The van der Waals surface area contributed by atoms with Crippen molar-refractivity contribution in [1.29, 1.82) is 0 Å². The Bertz CT molecular complexity index is 590. The molecule has 0 spiro atoms. The summed E-state index contributed by atoms with van der Waals surface area (Å²) in [6.07, 6.45) is 7.85. The van der Waals surface area contributed by atoms with E-state index in [9.17, 15) is 4.39 Å². The van der Waals surface area contributed by atoms with Gasteiger partial charge in [0, 0.05) is 12.0 Å². The first kappa shape index (κ1) is 14.1. The zero-order valence-electron chi connectivity index (χ0n) is 12.1. The van der Waals surface area contributed by atoms with Gasteiger partial charge in [0.15, 0.2) is 0 Å². The van der Waals surface area contributed by atoms with Crippen LogP contribution in [0.5, 0.6) is 0 Å². The molecule has 5 nitrogen and oxygen atoms in total. The lowest BCUT2D eigenvalue weighted by Gasteiger charge is -2.36. The lowest BCUT2D eigenvalue weighted by Crippen LogP contribution is -2.46. The number of hydrogen-bond donors (Lipinski definition) is 1. The van der Waals surface area contributed by atoms with Crippen molar-refractivity contribution in [3.8, 4) is 11.5 Å². The molecule has 0 saturated heterocycles. The molecule has 112 valence electrons. The lowest BCUT2D eigenvalue weighted by atomic mass is 9.79. The van der Waals surface area contributed by atoms with E-state index in [1.165, 1.54) is 25.3 Å². The Hall–Kier alpha value is -1.82. The number of aromatic nitrogens is 3. The molecular weight excluding hydrogens is 271 g/mol. The van der Waals surface area contributed by atoms with E-state index >= 15 is 0 Å². The minimum absolute atomic E-state index is 0.0538. The Labute approximate surface area is 123 Å². The van der Waals surface area contributed by atoms with Crippen LogP contribution >= 0.6 is 0 Å². The van der Waals surface area contributed by atoms with Crippen LogP contribution in [0.2, 0.25) is 0 Å². The molecule has 0 unspecified atom stereocenters. The summed E-state index contributed by atoms with van der Waals surface area (Å²) in [6.45, 7) is 0. The van der Waals surface area contributed by atoms with Crippen molar-refractivity contribution in [2.24, 2.45) is 0 Å². The molecule has 1 fully saturated rings. The molecule has 0 radical (unpaired) electrons. The number of nitrogens with one attached hydrogen (secondary N) is 1. The average Bonchev–Trinajstić information content (AvgIpc) is 2.97. The van der Waals surface area contributed by atoms with Gasteiger partial charge in [-0.1, -0.05) is 24.4 Å². The number of halogens is 1. The molecule has 0 amide bonds. The molecule has 3 rings (SSSR count). The van der Waals surface area contributed by atoms with Crippen LogP contribution in [0.4, 0.5) is 4.39 Å². The second-order valence-corrected chi connectivity index (χ2v) is 5.64. The topological polar surface area (TPSA) is 63.8 Å². The molecule has 2 aromatic heterocycles. The van der Waals surface area contributed by atoms with Crippen molar-refractivity contribution in [2.75, 3.05) is 7.05 Å². The largest absolute Gasteiger partial charge is 0.339 e. The maximum atomic E-state index is 12.9. The van der Waals surface area contributed by atoms with Crippen LogP contribution in [0.15, 0.2) is 22.9 Å². The number of pyridine rings is 1. The molecule has 1 aliphatic rings. The molecule has 1 aliphatic carbocycles. The van der Waals surface area contributed by atoms with Crippen LogP contribution < -0.4 is 5.32 Å². The second kappa shape index (κ2) is 5.89. The highest BCUT2D eigenvalue weighted by Gasteiger charge is 2.32. The van der Waals surface area contributed by atoms with Crippen LogP contribution in [-0.4, -0.2) is 27.7 Å². The van der Waals surface area contributed by atoms with E-state index < -0.39 is 0 Å². The molecule has 0 aromatic carbocycles. The first-order valence-electron chi connectivity index (χ1n) is 7.34. The van der Waals surface area contributed by atoms with E-state index in [-0.39, 0.29) is 11.4 Å². The van der Waals surface area contributed by atoms with Crippen molar-refractivity contribution in [3.63, 3.8) is 0 Å². The molecule has 0 aliphatic heterocycles. The summed E-state index contributed by atoms with van der Waals surface area (Å²) in [4.78, 5) is 8.37. The maximum absolute atomic E-state index is 12.9. The Balaban J connectivity index is 1.76. The maximum Gasteiger partial charge on any atom is 0.228 e. The zero-order valence-corrected chi connectivity index (χ0v) is 12.1. The SMILES string of the molecule is CNC1(Cc2nc(-c3ccc(F)cn3)no2)CCCCC1. The van der Waals surface area contributed by atoms with Crippen molar-refractivity contribution in [1.82, 2.24) is 20.4 Å². The smallest absolute Gasteiger partial charge is 0.228 e. The molecule has 0 bridgehead atoms. The summed E-state index contributed by atoms with van der Waals surface area (Å²) < 4.78 is 18.2. The van der Waals surface area contributed by atoms with Crippen molar-refractivity contribution in [3.05, 3.63) is 30.0 Å². The quantitative estimate of drug-likeness (QED) is 0.938. The summed E-state index contributed by atoms with van der Waals surface area (Å²) in [5, 5.41) is 7.38. The molecule has 2 heterocycles.